The van der Waals surface area contributed by atoms with Gasteiger partial charge >= 0.3 is 0 Å². The zero-order valence-corrected chi connectivity index (χ0v) is 15.3. The summed E-state index contributed by atoms with van der Waals surface area (Å²) in [5.41, 5.74) is 5.73. The highest BCUT2D eigenvalue weighted by Gasteiger charge is 2.28. The molecule has 2 aromatic rings. The van der Waals surface area contributed by atoms with Crippen LogP contribution in [0, 0.1) is 0 Å². The first-order valence-electron chi connectivity index (χ1n) is 8.62. The summed E-state index contributed by atoms with van der Waals surface area (Å²) in [7, 11) is 0. The average molecular weight is 362 g/mol. The molecule has 0 amide bonds. The predicted molar refractivity (Wildman–Crippen MR) is 100 cm³/mol. The van der Waals surface area contributed by atoms with E-state index in [1.807, 2.05) is 0 Å². The van der Waals surface area contributed by atoms with Crippen molar-refractivity contribution in [3.8, 4) is 0 Å². The number of hydrogen-bond donors (Lipinski definition) is 1. The van der Waals surface area contributed by atoms with Crippen LogP contribution < -0.4 is 0 Å². The number of likely N-dealkylation sites (tertiary alicyclic amines) is 1. The number of aliphatic hydroxyl groups excluding tert-OH is 1. The van der Waals surface area contributed by atoms with Crippen LogP contribution in [0.4, 0.5) is 0 Å². The van der Waals surface area contributed by atoms with Crippen molar-refractivity contribution in [3.63, 3.8) is 0 Å². The maximum Gasteiger partial charge on any atom is 0.110 e. The Kier molecular flexibility index (Phi) is 5.15. The van der Waals surface area contributed by atoms with Gasteiger partial charge in [0, 0.05) is 13.1 Å². The maximum atomic E-state index is 9.60. The third kappa shape index (κ3) is 3.51. The molecule has 0 radical (unpaired) electrons. The van der Waals surface area contributed by atoms with Crippen LogP contribution in [0.1, 0.15) is 36.8 Å². The molecule has 0 spiro atoms. The van der Waals surface area contributed by atoms with Crippen molar-refractivity contribution in [1.29, 1.82) is 0 Å². The number of ether oxygens (including phenoxy) is 1. The van der Waals surface area contributed by atoms with E-state index < -0.39 is 0 Å². The Hall–Kier alpha value is -0.980. The minimum atomic E-state index is -0.273. The molecule has 4 rings (SSSR count). The van der Waals surface area contributed by atoms with Crippen molar-refractivity contribution >= 4 is 28.2 Å². The molecule has 0 bridgehead atoms. The molecule has 128 valence electrons. The largest absolute Gasteiger partial charge is 0.391 e. The summed E-state index contributed by atoms with van der Waals surface area (Å²) in [5.74, 6) is 0. The number of aliphatic hydroxyl groups is 1. The third-order valence-electron chi connectivity index (χ3n) is 5.01. The lowest BCUT2D eigenvalue weighted by Gasteiger charge is -2.38. The van der Waals surface area contributed by atoms with Crippen molar-refractivity contribution in [2.24, 2.45) is 0 Å². The Bertz CT molecular complexity index is 624. The normalized spacial score (nSPS) is 25.8. The van der Waals surface area contributed by atoms with Gasteiger partial charge < -0.3 is 9.84 Å². The predicted octanol–water partition coefficient (Wildman–Crippen LogP) is 4.20. The fourth-order valence-electron chi connectivity index (χ4n) is 3.73. The van der Waals surface area contributed by atoms with Gasteiger partial charge in [-0.3, -0.25) is 4.90 Å². The summed E-state index contributed by atoms with van der Waals surface area (Å²) in [6.45, 7) is 2.58. The summed E-state index contributed by atoms with van der Waals surface area (Å²) in [4.78, 5) is 2.45. The lowest BCUT2D eigenvalue weighted by Crippen LogP contribution is -2.45. The molecule has 2 atom stereocenters. The number of nitrogens with zero attached hydrogens (tertiary/aromatic N) is 1. The first kappa shape index (κ1) is 16.5. The Morgan fingerprint density at radius 1 is 1.04 bits per heavy atom. The molecule has 2 unspecified atom stereocenters. The van der Waals surface area contributed by atoms with E-state index in [4.69, 9.17) is 4.74 Å². The number of piperidine rings is 1. The van der Waals surface area contributed by atoms with Crippen LogP contribution in [0.25, 0.3) is 5.57 Å². The lowest BCUT2D eigenvalue weighted by atomic mass is 9.90. The van der Waals surface area contributed by atoms with Gasteiger partial charge in [0.1, 0.15) is 6.23 Å². The zero-order chi connectivity index (χ0) is 16.4. The Balaban J connectivity index is 1.51. The zero-order valence-electron chi connectivity index (χ0n) is 13.7. The van der Waals surface area contributed by atoms with Crippen LogP contribution in [0.15, 0.2) is 39.2 Å². The van der Waals surface area contributed by atoms with Crippen LogP contribution >= 0.6 is 22.7 Å². The molecule has 3 nitrogen and oxygen atoms in total. The van der Waals surface area contributed by atoms with Crippen LogP contribution in [-0.2, 0) is 4.74 Å². The fraction of sp³-hybridized carbons (Fsp3) is 0.474. The van der Waals surface area contributed by atoms with E-state index in [9.17, 15) is 5.11 Å². The minimum absolute atomic E-state index is 0.195. The second kappa shape index (κ2) is 7.50. The average Bonchev–Trinajstić information content (AvgIpc) is 3.31. The second-order valence-electron chi connectivity index (χ2n) is 6.56. The van der Waals surface area contributed by atoms with Gasteiger partial charge in [0.2, 0.25) is 0 Å². The molecule has 0 aliphatic carbocycles. The minimum Gasteiger partial charge on any atom is -0.391 e. The highest BCUT2D eigenvalue weighted by atomic mass is 32.1. The molecule has 0 saturated carbocycles. The van der Waals surface area contributed by atoms with Gasteiger partial charge in [0.25, 0.3) is 0 Å². The van der Waals surface area contributed by atoms with Crippen LogP contribution in [0.2, 0.25) is 0 Å². The van der Waals surface area contributed by atoms with Gasteiger partial charge in [0.05, 0.1) is 12.7 Å². The Labute approximate surface area is 151 Å². The summed E-state index contributed by atoms with van der Waals surface area (Å²) in [6, 6.07) is 4.48. The van der Waals surface area contributed by atoms with Gasteiger partial charge in [-0.2, -0.15) is 22.7 Å². The molecule has 0 aromatic carbocycles. The van der Waals surface area contributed by atoms with Gasteiger partial charge in [-0.05, 0) is 76.0 Å². The van der Waals surface area contributed by atoms with Crippen molar-refractivity contribution in [2.75, 3.05) is 19.7 Å². The van der Waals surface area contributed by atoms with Gasteiger partial charge in [-0.1, -0.05) is 5.57 Å². The van der Waals surface area contributed by atoms with E-state index in [0.717, 1.165) is 38.8 Å². The van der Waals surface area contributed by atoms with E-state index in [1.54, 1.807) is 28.2 Å². The third-order valence-corrected chi connectivity index (χ3v) is 6.38. The molecule has 2 aliphatic rings. The second-order valence-corrected chi connectivity index (χ2v) is 8.12. The van der Waals surface area contributed by atoms with Crippen LogP contribution in [0.5, 0.6) is 0 Å². The highest BCUT2D eigenvalue weighted by molar-refractivity contribution is 7.08. The standard InChI is InChI=1S/C19H23NO2S2/c21-17-1-2-18(22-11-17)20-7-3-14(4-8-20)19(15-5-9-23-12-15)16-6-10-24-13-16/h5-6,9-10,12-13,17-18,21H,1-4,7-8,11H2. The topological polar surface area (TPSA) is 32.7 Å². The molecule has 4 heterocycles. The van der Waals surface area contributed by atoms with E-state index in [2.05, 4.69) is 38.6 Å². The highest BCUT2D eigenvalue weighted by Crippen LogP contribution is 2.35. The first-order valence-corrected chi connectivity index (χ1v) is 10.5. The van der Waals surface area contributed by atoms with Crippen LogP contribution in [0.3, 0.4) is 0 Å². The molecule has 24 heavy (non-hydrogen) atoms. The summed E-state index contributed by atoms with van der Waals surface area (Å²) >= 11 is 3.54. The molecule has 5 heteroatoms. The maximum absolute atomic E-state index is 9.60. The molecule has 2 aliphatic heterocycles. The molecule has 1 N–H and O–H groups in total. The van der Waals surface area contributed by atoms with Crippen molar-refractivity contribution in [1.82, 2.24) is 4.90 Å². The van der Waals surface area contributed by atoms with E-state index >= 15 is 0 Å². The number of rotatable bonds is 3. The van der Waals surface area contributed by atoms with E-state index in [-0.39, 0.29) is 12.3 Å². The summed E-state index contributed by atoms with van der Waals surface area (Å²) in [5, 5.41) is 18.5. The SMILES string of the molecule is OC1CCC(N2CCC(=C(c3ccsc3)c3ccsc3)CC2)OC1. The van der Waals surface area contributed by atoms with E-state index in [0.29, 0.717) is 6.61 Å². The first-order chi connectivity index (χ1) is 11.8. The van der Waals surface area contributed by atoms with Crippen molar-refractivity contribution < 1.29 is 9.84 Å². The molecule has 2 saturated heterocycles. The monoisotopic (exact) mass is 361 g/mol. The lowest BCUT2D eigenvalue weighted by molar-refractivity contribution is -0.126. The Morgan fingerprint density at radius 2 is 1.71 bits per heavy atom. The van der Waals surface area contributed by atoms with Crippen LogP contribution in [-0.4, -0.2) is 42.0 Å². The molecule has 2 aromatic heterocycles. The van der Waals surface area contributed by atoms with E-state index in [1.165, 1.54) is 16.7 Å². The fourth-order valence-corrected chi connectivity index (χ4v) is 5.03. The van der Waals surface area contributed by atoms with Gasteiger partial charge in [0.15, 0.2) is 0 Å². The molecular weight excluding hydrogens is 338 g/mol. The Morgan fingerprint density at radius 3 is 2.21 bits per heavy atom. The summed E-state index contributed by atoms with van der Waals surface area (Å²) in [6.07, 6.45) is 3.93. The van der Waals surface area contributed by atoms with Crippen molar-refractivity contribution in [2.45, 2.75) is 38.0 Å². The quantitative estimate of drug-likeness (QED) is 0.889. The molecular formula is C19H23NO2S2. The number of thiophene rings is 2. The summed E-state index contributed by atoms with van der Waals surface area (Å²) < 4.78 is 5.83. The number of hydrogen-bond acceptors (Lipinski definition) is 5. The van der Waals surface area contributed by atoms with Gasteiger partial charge in [-0.25, -0.2) is 0 Å². The van der Waals surface area contributed by atoms with Gasteiger partial charge in [-0.15, -0.1) is 0 Å². The molecule has 2 fully saturated rings. The smallest absolute Gasteiger partial charge is 0.110 e. The van der Waals surface area contributed by atoms with Crippen molar-refractivity contribution in [3.05, 3.63) is 50.4 Å².